The molecular formula is C40H41F2I2N5O2S. The van der Waals surface area contributed by atoms with Crippen LogP contribution in [0.3, 0.4) is 0 Å². The van der Waals surface area contributed by atoms with Gasteiger partial charge in [-0.25, -0.2) is 8.78 Å². The first-order valence-corrected chi connectivity index (χ1v) is 20.1. The van der Waals surface area contributed by atoms with Gasteiger partial charge in [-0.15, -0.1) is 11.3 Å². The van der Waals surface area contributed by atoms with Gasteiger partial charge in [-0.05, 0) is 187 Å². The number of aryl methyl sites for hydroxylation is 2. The third-order valence-electron chi connectivity index (χ3n) is 8.52. The SMILES string of the molecule is Cc1cc(I)ccc1Nc1cc(F)ccc1C(=O)NCCN1CCCC1.Cc1cc(I)ccc1Nc1cc(F)ccc1C(=O)NCCc1cccs1. The van der Waals surface area contributed by atoms with Crippen LogP contribution in [0.4, 0.5) is 31.5 Å². The Morgan fingerprint density at radius 2 is 1.21 bits per heavy atom. The summed E-state index contributed by atoms with van der Waals surface area (Å²) in [6, 6.07) is 24.3. The summed E-state index contributed by atoms with van der Waals surface area (Å²) in [5.41, 5.74) is 5.61. The van der Waals surface area contributed by atoms with Crippen molar-refractivity contribution in [2.24, 2.45) is 0 Å². The van der Waals surface area contributed by atoms with E-state index in [9.17, 15) is 18.4 Å². The summed E-state index contributed by atoms with van der Waals surface area (Å²) >= 11 is 6.16. The van der Waals surface area contributed by atoms with Crippen LogP contribution in [-0.2, 0) is 6.42 Å². The van der Waals surface area contributed by atoms with Crippen molar-refractivity contribution in [1.82, 2.24) is 15.5 Å². The van der Waals surface area contributed by atoms with Gasteiger partial charge in [0, 0.05) is 43.0 Å². The van der Waals surface area contributed by atoms with Crippen LogP contribution in [0.15, 0.2) is 90.3 Å². The molecule has 7 nitrogen and oxygen atoms in total. The van der Waals surface area contributed by atoms with Gasteiger partial charge in [0.15, 0.2) is 0 Å². The number of nitrogens with zero attached hydrogens (tertiary/aromatic N) is 1. The number of benzene rings is 4. The predicted molar refractivity (Wildman–Crippen MR) is 226 cm³/mol. The van der Waals surface area contributed by atoms with Crippen LogP contribution in [0.5, 0.6) is 0 Å². The van der Waals surface area contributed by atoms with E-state index >= 15 is 0 Å². The van der Waals surface area contributed by atoms with Gasteiger partial charge in [-0.1, -0.05) is 6.07 Å². The normalized spacial score (nSPS) is 12.5. The van der Waals surface area contributed by atoms with Gasteiger partial charge in [-0.2, -0.15) is 0 Å². The third-order valence-corrected chi connectivity index (χ3v) is 10.8. The Balaban J connectivity index is 0.000000201. The molecule has 2 amide bonds. The van der Waals surface area contributed by atoms with Gasteiger partial charge in [0.2, 0.25) is 0 Å². The second-order valence-corrected chi connectivity index (χ2v) is 16.0. The minimum atomic E-state index is -0.384. The summed E-state index contributed by atoms with van der Waals surface area (Å²) in [6.07, 6.45) is 3.24. The molecule has 1 fully saturated rings. The van der Waals surface area contributed by atoms with E-state index in [1.54, 1.807) is 11.3 Å². The first-order valence-electron chi connectivity index (χ1n) is 17.0. The molecule has 6 rings (SSSR count). The molecule has 1 saturated heterocycles. The standard InChI is InChI=1S/C20H23FIN3O.C20H18FIN2OS/c1-14-12-16(22)5-7-18(14)24-19-13-15(21)4-6-17(19)20(26)23-8-11-25-9-2-3-10-25;1-13-11-15(22)5-7-18(13)24-19-12-14(21)4-6-17(19)20(25)23-9-8-16-3-2-10-26-16/h4-7,12-13,24H,2-3,8-11H2,1H3,(H,23,26);2-7,10-12,24H,8-9H2,1H3,(H,23,25). The van der Waals surface area contributed by atoms with Gasteiger partial charge in [0.1, 0.15) is 11.6 Å². The Hall–Kier alpha value is -3.60. The van der Waals surface area contributed by atoms with E-state index in [2.05, 4.69) is 71.3 Å². The summed E-state index contributed by atoms with van der Waals surface area (Å²) in [4.78, 5) is 28.7. The number of hydrogen-bond donors (Lipinski definition) is 4. The topological polar surface area (TPSA) is 85.5 Å². The van der Waals surface area contributed by atoms with Crippen LogP contribution in [0, 0.1) is 32.6 Å². The number of hydrogen-bond acceptors (Lipinski definition) is 6. The first-order chi connectivity index (χ1) is 25.0. The van der Waals surface area contributed by atoms with Crippen molar-refractivity contribution in [2.45, 2.75) is 33.1 Å². The van der Waals surface area contributed by atoms with Crippen molar-refractivity contribution in [1.29, 1.82) is 0 Å². The van der Waals surface area contributed by atoms with Crippen molar-refractivity contribution < 1.29 is 18.4 Å². The molecule has 5 aromatic rings. The van der Waals surface area contributed by atoms with Crippen LogP contribution in [0.1, 0.15) is 49.6 Å². The second kappa shape index (κ2) is 19.5. The molecule has 4 N–H and O–H groups in total. The van der Waals surface area contributed by atoms with E-state index in [0.717, 1.165) is 55.7 Å². The number of carbonyl (C=O) groups excluding carboxylic acids is 2. The molecular weight excluding hydrogens is 906 g/mol. The molecule has 272 valence electrons. The Bertz CT molecular complexity index is 1990. The molecule has 12 heteroatoms. The van der Waals surface area contributed by atoms with E-state index in [1.165, 1.54) is 54.1 Å². The van der Waals surface area contributed by atoms with E-state index in [4.69, 9.17) is 0 Å². The molecule has 1 aromatic heterocycles. The zero-order valence-corrected chi connectivity index (χ0v) is 34.1. The number of amides is 2. The molecule has 52 heavy (non-hydrogen) atoms. The van der Waals surface area contributed by atoms with Crippen molar-refractivity contribution in [3.63, 3.8) is 0 Å². The van der Waals surface area contributed by atoms with E-state index < -0.39 is 0 Å². The van der Waals surface area contributed by atoms with Gasteiger partial charge in [0.05, 0.1) is 22.5 Å². The minimum absolute atomic E-state index is 0.185. The molecule has 0 radical (unpaired) electrons. The van der Waals surface area contributed by atoms with Crippen molar-refractivity contribution in [2.75, 3.05) is 43.4 Å². The highest BCUT2D eigenvalue weighted by atomic mass is 127. The summed E-state index contributed by atoms with van der Waals surface area (Å²) < 4.78 is 29.8. The molecule has 1 aliphatic heterocycles. The summed E-state index contributed by atoms with van der Waals surface area (Å²) in [5, 5.41) is 14.3. The fraction of sp³-hybridized carbons (Fsp3) is 0.250. The lowest BCUT2D eigenvalue weighted by molar-refractivity contribution is 0.0944. The smallest absolute Gasteiger partial charge is 0.253 e. The Morgan fingerprint density at radius 3 is 1.69 bits per heavy atom. The number of nitrogens with one attached hydrogen (secondary N) is 4. The van der Waals surface area contributed by atoms with Crippen LogP contribution < -0.4 is 21.3 Å². The molecule has 0 spiro atoms. The van der Waals surface area contributed by atoms with Crippen molar-refractivity contribution >= 4 is 91.1 Å². The quantitative estimate of drug-likeness (QED) is 0.0937. The fourth-order valence-electron chi connectivity index (χ4n) is 5.74. The van der Waals surface area contributed by atoms with Gasteiger partial charge < -0.3 is 26.2 Å². The molecule has 0 saturated carbocycles. The van der Waals surface area contributed by atoms with Crippen molar-refractivity contribution in [3.05, 3.63) is 136 Å². The summed E-state index contributed by atoms with van der Waals surface area (Å²) in [7, 11) is 0. The zero-order chi connectivity index (χ0) is 37.0. The number of thiophene rings is 1. The first kappa shape index (κ1) is 39.6. The highest BCUT2D eigenvalue weighted by Gasteiger charge is 2.16. The lowest BCUT2D eigenvalue weighted by Gasteiger charge is -2.17. The van der Waals surface area contributed by atoms with E-state index in [-0.39, 0.29) is 23.4 Å². The number of halogens is 4. The lowest BCUT2D eigenvalue weighted by atomic mass is 10.1. The van der Waals surface area contributed by atoms with Gasteiger partial charge in [0.25, 0.3) is 11.8 Å². The molecule has 0 aliphatic carbocycles. The van der Waals surface area contributed by atoms with Gasteiger partial charge in [-0.3, -0.25) is 9.59 Å². The number of anilines is 4. The molecule has 0 atom stereocenters. The largest absolute Gasteiger partial charge is 0.355 e. The van der Waals surface area contributed by atoms with Crippen LogP contribution in [0.2, 0.25) is 0 Å². The monoisotopic (exact) mass is 947 g/mol. The second-order valence-electron chi connectivity index (χ2n) is 12.4. The predicted octanol–water partition coefficient (Wildman–Crippen LogP) is 9.82. The number of carbonyl (C=O) groups is 2. The van der Waals surface area contributed by atoms with E-state index in [1.807, 2.05) is 67.8 Å². The fourth-order valence-corrected chi connectivity index (χ4v) is 7.74. The zero-order valence-electron chi connectivity index (χ0n) is 29.0. The van der Waals surface area contributed by atoms with Crippen LogP contribution >= 0.6 is 56.5 Å². The maximum Gasteiger partial charge on any atom is 0.253 e. The summed E-state index contributed by atoms with van der Waals surface area (Å²) in [6.45, 7) is 8.16. The van der Waals surface area contributed by atoms with Gasteiger partial charge >= 0.3 is 0 Å². The highest BCUT2D eigenvalue weighted by Crippen LogP contribution is 2.27. The number of rotatable bonds is 12. The van der Waals surface area contributed by atoms with Crippen molar-refractivity contribution in [3.8, 4) is 0 Å². The van der Waals surface area contributed by atoms with Crippen LogP contribution in [-0.4, -0.2) is 49.4 Å². The maximum absolute atomic E-state index is 13.8. The third kappa shape index (κ3) is 11.7. The lowest BCUT2D eigenvalue weighted by Crippen LogP contribution is -2.33. The average Bonchev–Trinajstić information content (AvgIpc) is 3.83. The molecule has 2 heterocycles. The molecule has 1 aliphatic rings. The minimum Gasteiger partial charge on any atom is -0.355 e. The summed E-state index contributed by atoms with van der Waals surface area (Å²) in [5.74, 6) is -1.16. The Labute approximate surface area is 335 Å². The molecule has 0 bridgehead atoms. The number of likely N-dealkylation sites (tertiary alicyclic amines) is 1. The molecule has 4 aromatic carbocycles. The Morgan fingerprint density at radius 1 is 0.692 bits per heavy atom. The van der Waals surface area contributed by atoms with E-state index in [0.29, 0.717) is 35.6 Å². The Kier molecular flexibility index (Phi) is 14.8. The van der Waals surface area contributed by atoms with Crippen LogP contribution in [0.25, 0.3) is 0 Å². The highest BCUT2D eigenvalue weighted by molar-refractivity contribution is 14.1. The molecule has 0 unspecified atom stereocenters. The maximum atomic E-state index is 13.8. The average molecular weight is 948 g/mol.